The predicted octanol–water partition coefficient (Wildman–Crippen LogP) is 6.16. The van der Waals surface area contributed by atoms with Crippen LogP contribution in [0.4, 0.5) is 101 Å². The van der Waals surface area contributed by atoms with Gasteiger partial charge in [0.2, 0.25) is 0 Å². The monoisotopic (exact) mass is 938 g/mol. The first-order valence-corrected chi connectivity index (χ1v) is 19.7. The first-order valence-electron chi connectivity index (χ1n) is 12.1. The summed E-state index contributed by atoms with van der Waals surface area (Å²) >= 11 is -12.7. The molecule has 4 aromatic carbocycles. The quantitative estimate of drug-likeness (QED) is 0.0766. The van der Waals surface area contributed by atoms with Gasteiger partial charge in [-0.1, -0.05) is 0 Å². The summed E-state index contributed by atoms with van der Waals surface area (Å²) in [6, 6.07) is 0. The van der Waals surface area contributed by atoms with Gasteiger partial charge in [-0.3, -0.25) is 0 Å². The molecule has 0 fully saturated rings. The molecular formula is C25F23O3SSb. The summed E-state index contributed by atoms with van der Waals surface area (Å²) in [4.78, 5) is 0. The second-order valence-electron chi connectivity index (χ2n) is 9.68. The Morgan fingerprint density at radius 1 is 0.302 bits per heavy atom. The normalized spacial score (nSPS) is 13.5. The zero-order chi connectivity index (χ0) is 41.0. The van der Waals surface area contributed by atoms with E-state index < -0.39 is 164 Å². The molecule has 0 N–H and O–H groups in total. The van der Waals surface area contributed by atoms with Crippen molar-refractivity contribution in [2.24, 2.45) is 0 Å². The van der Waals surface area contributed by atoms with E-state index >= 15 is 35.1 Å². The molecule has 0 bridgehead atoms. The van der Waals surface area contributed by atoms with E-state index in [4.69, 9.17) is 0 Å². The molecule has 0 aliphatic heterocycles. The molecule has 0 aromatic heterocycles. The van der Waals surface area contributed by atoms with Crippen LogP contribution in [0, 0.1) is 116 Å². The van der Waals surface area contributed by atoms with Crippen LogP contribution >= 0.6 is 0 Å². The molecule has 0 spiro atoms. The van der Waals surface area contributed by atoms with Crippen molar-refractivity contribution in [3.8, 4) is 0 Å². The summed E-state index contributed by atoms with van der Waals surface area (Å²) < 4.78 is 356. The van der Waals surface area contributed by atoms with E-state index in [1.54, 1.807) is 0 Å². The number of hydrogen-bond acceptors (Lipinski definition) is 3. The fourth-order valence-electron chi connectivity index (χ4n) is 4.93. The van der Waals surface area contributed by atoms with Crippen LogP contribution in [0.5, 0.6) is 0 Å². The maximum absolute atomic E-state index is 16.0. The van der Waals surface area contributed by atoms with Crippen LogP contribution in [0.3, 0.4) is 0 Å². The second-order valence-corrected chi connectivity index (χ2v) is 23.5. The number of rotatable bonds is 6. The number of benzene rings is 4. The summed E-state index contributed by atoms with van der Waals surface area (Å²) in [7, 11) is -8.98. The Labute approximate surface area is 275 Å². The second kappa shape index (κ2) is 12.8. The Kier molecular flexibility index (Phi) is 10.1. The van der Waals surface area contributed by atoms with E-state index in [-0.39, 0.29) is 0 Å². The van der Waals surface area contributed by atoms with Gasteiger partial charge in [-0.15, -0.1) is 0 Å². The van der Waals surface area contributed by atoms with Gasteiger partial charge in [0.1, 0.15) is 0 Å². The van der Waals surface area contributed by atoms with Gasteiger partial charge in [0, 0.05) is 0 Å². The van der Waals surface area contributed by atoms with Crippen molar-refractivity contribution in [1.29, 1.82) is 0 Å². The first kappa shape index (κ1) is 41.7. The van der Waals surface area contributed by atoms with Crippen molar-refractivity contribution in [2.45, 2.75) is 5.51 Å². The van der Waals surface area contributed by atoms with Gasteiger partial charge in [0.25, 0.3) is 0 Å². The molecule has 0 unspecified atom stereocenters. The number of hydrogen-bond donors (Lipinski definition) is 0. The third-order valence-electron chi connectivity index (χ3n) is 6.98. The van der Waals surface area contributed by atoms with Crippen molar-refractivity contribution >= 4 is 42.0 Å². The van der Waals surface area contributed by atoms with Gasteiger partial charge in [-0.2, -0.15) is 0 Å². The van der Waals surface area contributed by atoms with E-state index in [9.17, 15) is 74.3 Å². The average molecular weight is 939 g/mol. The van der Waals surface area contributed by atoms with Crippen LogP contribution in [-0.4, -0.2) is 31.7 Å². The number of alkyl halides is 3. The molecule has 0 saturated heterocycles. The fraction of sp³-hybridized carbons (Fsp3) is 0.0400. The molecule has 0 saturated carbocycles. The minimum atomic E-state index is -12.7. The number of halogens is 23. The summed E-state index contributed by atoms with van der Waals surface area (Å²) in [6.45, 7) is 0. The SMILES string of the molecule is O=S(=O)([O][Sb]([c]1c(F)c(F)c(F)c(F)c1F)([c]1c(F)c(F)c(F)c(F)c1F)([c]1c(F)c(F)c(F)c(F)c1F)[c]1c(F)c(F)c(F)c(F)c1F)C(F)(F)F. The van der Waals surface area contributed by atoms with Crippen LogP contribution < -0.4 is 14.0 Å². The van der Waals surface area contributed by atoms with Gasteiger partial charge in [0.15, 0.2) is 0 Å². The third-order valence-corrected chi connectivity index (χ3v) is 26.5. The Morgan fingerprint density at radius 3 is 0.566 bits per heavy atom. The Balaban J connectivity index is 2.96. The summed E-state index contributed by atoms with van der Waals surface area (Å²) in [6.07, 6.45) is 0. The van der Waals surface area contributed by atoms with E-state index in [0.29, 0.717) is 0 Å². The zero-order valence-corrected chi connectivity index (χ0v) is 26.6. The summed E-state index contributed by atoms with van der Waals surface area (Å²) in [5, 5.41) is 0. The topological polar surface area (TPSA) is 43.4 Å². The summed E-state index contributed by atoms with van der Waals surface area (Å²) in [5.74, 6) is -82.7. The predicted molar refractivity (Wildman–Crippen MR) is 125 cm³/mol. The molecule has 0 aliphatic carbocycles. The van der Waals surface area contributed by atoms with Crippen LogP contribution in [0.2, 0.25) is 0 Å². The molecule has 0 heterocycles. The van der Waals surface area contributed by atoms with Gasteiger partial charge < -0.3 is 0 Å². The van der Waals surface area contributed by atoms with Crippen molar-refractivity contribution < 1.29 is 112 Å². The molecule has 4 aromatic rings. The summed E-state index contributed by atoms with van der Waals surface area (Å²) in [5.41, 5.74) is -7.73. The van der Waals surface area contributed by atoms with E-state index in [2.05, 4.69) is 2.46 Å². The van der Waals surface area contributed by atoms with E-state index in [1.807, 2.05) is 0 Å². The maximum atomic E-state index is 16.0. The van der Waals surface area contributed by atoms with Gasteiger partial charge in [-0.05, 0) is 0 Å². The molecule has 3 nitrogen and oxygen atoms in total. The van der Waals surface area contributed by atoms with Crippen LogP contribution in [0.15, 0.2) is 0 Å². The van der Waals surface area contributed by atoms with Gasteiger partial charge in [0.05, 0.1) is 0 Å². The Bertz CT molecular complexity index is 2010. The van der Waals surface area contributed by atoms with Gasteiger partial charge in [-0.25, -0.2) is 0 Å². The standard InChI is InChI=1S/4C6F5.CHF3O3S.Sb/c4*7-2-1-3(8)5(10)6(11)4(2)9;2-1(3,4)8(5,6)7;/h;;;;(H,5,6,7);/q;;;;;+1/p-1. The van der Waals surface area contributed by atoms with Crippen molar-refractivity contribution in [3.63, 3.8) is 0 Å². The molecular weight excluding hydrogens is 939 g/mol. The van der Waals surface area contributed by atoms with Crippen LogP contribution in [-0.2, 0) is 12.6 Å². The van der Waals surface area contributed by atoms with Crippen molar-refractivity contribution in [1.82, 2.24) is 0 Å². The Hall–Kier alpha value is -4.00. The van der Waals surface area contributed by atoms with Crippen LogP contribution in [0.25, 0.3) is 0 Å². The van der Waals surface area contributed by atoms with Crippen molar-refractivity contribution in [2.75, 3.05) is 0 Å². The molecule has 4 rings (SSSR count). The molecule has 290 valence electrons. The third kappa shape index (κ3) is 5.18. The fourth-order valence-corrected chi connectivity index (χ4v) is 27.0. The average Bonchev–Trinajstić information content (AvgIpc) is 3.07. The van der Waals surface area contributed by atoms with Gasteiger partial charge >= 0.3 is 276 Å². The minimum absolute atomic E-state index is 3.27. The molecule has 28 heteroatoms. The van der Waals surface area contributed by atoms with E-state index in [0.717, 1.165) is 0 Å². The van der Waals surface area contributed by atoms with Crippen LogP contribution in [0.1, 0.15) is 0 Å². The molecule has 53 heavy (non-hydrogen) atoms. The zero-order valence-electron chi connectivity index (χ0n) is 23.3. The molecule has 0 amide bonds. The molecule has 0 atom stereocenters. The van der Waals surface area contributed by atoms with Crippen molar-refractivity contribution in [3.05, 3.63) is 116 Å². The molecule has 0 radical (unpaired) electrons. The molecule has 0 aliphatic rings. The first-order chi connectivity index (χ1) is 24.0. The Morgan fingerprint density at radius 2 is 0.434 bits per heavy atom. The van der Waals surface area contributed by atoms with E-state index in [1.165, 1.54) is 0 Å².